The molecule has 0 unspecified atom stereocenters. The van der Waals surface area contributed by atoms with E-state index in [0.29, 0.717) is 6.04 Å². The van der Waals surface area contributed by atoms with Crippen molar-refractivity contribution in [1.29, 1.82) is 0 Å². The maximum absolute atomic E-state index is 2.52. The van der Waals surface area contributed by atoms with E-state index in [1.165, 1.54) is 17.7 Å². The molecule has 0 aromatic heterocycles. The molecule has 0 saturated heterocycles. The van der Waals surface area contributed by atoms with Crippen molar-refractivity contribution in [2.45, 2.75) is 33.2 Å². The second-order valence-electron chi connectivity index (χ2n) is 4.34. The lowest BCUT2D eigenvalue weighted by atomic mass is 9.88. The van der Waals surface area contributed by atoms with Crippen molar-refractivity contribution in [1.82, 2.24) is 0 Å². The van der Waals surface area contributed by atoms with Gasteiger partial charge in [-0.3, -0.25) is 0 Å². The molecule has 1 aliphatic rings. The van der Waals surface area contributed by atoms with Crippen LogP contribution in [-0.4, -0.2) is 12.6 Å². The van der Waals surface area contributed by atoms with Gasteiger partial charge in [0, 0.05) is 18.3 Å². The van der Waals surface area contributed by atoms with Gasteiger partial charge in [0.05, 0.1) is 0 Å². The molecule has 2 atom stereocenters. The van der Waals surface area contributed by atoms with Crippen LogP contribution in [0.1, 0.15) is 26.3 Å². The van der Waals surface area contributed by atoms with Gasteiger partial charge in [0.15, 0.2) is 0 Å². The minimum atomic E-state index is 0.676. The van der Waals surface area contributed by atoms with E-state index in [9.17, 15) is 0 Å². The minimum absolute atomic E-state index is 0.676. The minimum Gasteiger partial charge on any atom is -0.369 e. The Morgan fingerprint density at radius 2 is 2.00 bits per heavy atom. The fraction of sp³-hybridized carbons (Fsp3) is 0.538. The number of nitrogens with zero attached hydrogens (tertiary/aromatic N) is 1. The lowest BCUT2D eigenvalue weighted by Crippen LogP contribution is -2.42. The van der Waals surface area contributed by atoms with E-state index >= 15 is 0 Å². The van der Waals surface area contributed by atoms with Crippen molar-refractivity contribution in [3.05, 3.63) is 29.8 Å². The van der Waals surface area contributed by atoms with E-state index < -0.39 is 0 Å². The van der Waals surface area contributed by atoms with Crippen LogP contribution < -0.4 is 4.90 Å². The summed E-state index contributed by atoms with van der Waals surface area (Å²) in [6.45, 7) is 8.04. The average molecular weight is 189 g/mol. The smallest absolute Gasteiger partial charge is 0.0401 e. The third-order valence-electron chi connectivity index (χ3n) is 3.50. The quantitative estimate of drug-likeness (QED) is 0.656. The molecule has 1 nitrogen and oxygen atoms in total. The van der Waals surface area contributed by atoms with Crippen molar-refractivity contribution in [2.24, 2.45) is 5.92 Å². The first-order valence-corrected chi connectivity index (χ1v) is 5.58. The van der Waals surface area contributed by atoms with E-state index in [1.807, 2.05) is 0 Å². The zero-order valence-corrected chi connectivity index (χ0v) is 9.33. The van der Waals surface area contributed by atoms with Crippen LogP contribution in [-0.2, 0) is 6.42 Å². The second-order valence-corrected chi connectivity index (χ2v) is 4.34. The first-order chi connectivity index (χ1) is 6.74. The van der Waals surface area contributed by atoms with Gasteiger partial charge in [0.25, 0.3) is 0 Å². The van der Waals surface area contributed by atoms with E-state index in [2.05, 4.69) is 49.9 Å². The Morgan fingerprint density at radius 3 is 2.71 bits per heavy atom. The molecule has 0 radical (unpaired) electrons. The molecule has 76 valence electrons. The van der Waals surface area contributed by atoms with Gasteiger partial charge in [0.2, 0.25) is 0 Å². The summed E-state index contributed by atoms with van der Waals surface area (Å²) in [7, 11) is 0. The largest absolute Gasteiger partial charge is 0.369 e. The number of hydrogen-bond donors (Lipinski definition) is 0. The summed E-state index contributed by atoms with van der Waals surface area (Å²) in [6, 6.07) is 9.48. The Hall–Kier alpha value is -0.980. The molecule has 0 N–H and O–H groups in total. The highest BCUT2D eigenvalue weighted by atomic mass is 15.2. The van der Waals surface area contributed by atoms with Crippen LogP contribution in [0.4, 0.5) is 5.69 Å². The van der Waals surface area contributed by atoms with E-state index in [1.54, 1.807) is 0 Å². The van der Waals surface area contributed by atoms with Crippen LogP contribution in [0.2, 0.25) is 0 Å². The molecule has 0 amide bonds. The monoisotopic (exact) mass is 189 g/mol. The Bertz CT molecular complexity index is 319. The van der Waals surface area contributed by atoms with Crippen LogP contribution in [0.25, 0.3) is 0 Å². The Morgan fingerprint density at radius 1 is 1.29 bits per heavy atom. The number of anilines is 1. The predicted octanol–water partition coefficient (Wildman–Crippen LogP) is 3.09. The Labute approximate surface area is 86.7 Å². The standard InChI is InChI=1S/C13H19N/c1-4-14-11(3)10(2)9-12-7-5-6-8-13(12)14/h5-8,10-11H,4,9H2,1-3H3/t10-,11-/m0/s1. The fourth-order valence-electron chi connectivity index (χ4n) is 2.47. The lowest BCUT2D eigenvalue weighted by molar-refractivity contribution is 0.431. The molecule has 0 fully saturated rings. The molecule has 0 bridgehead atoms. The van der Waals surface area contributed by atoms with Gasteiger partial charge in [-0.2, -0.15) is 0 Å². The summed E-state index contributed by atoms with van der Waals surface area (Å²) in [5, 5.41) is 0. The maximum atomic E-state index is 2.52. The molecule has 2 rings (SSSR count). The van der Waals surface area contributed by atoms with Gasteiger partial charge in [-0.15, -0.1) is 0 Å². The molecule has 14 heavy (non-hydrogen) atoms. The van der Waals surface area contributed by atoms with Gasteiger partial charge in [0.1, 0.15) is 0 Å². The highest BCUT2D eigenvalue weighted by Gasteiger charge is 2.26. The molecule has 1 aromatic carbocycles. The van der Waals surface area contributed by atoms with Gasteiger partial charge < -0.3 is 4.90 Å². The molecule has 0 saturated carbocycles. The van der Waals surface area contributed by atoms with Crippen molar-refractivity contribution >= 4 is 5.69 Å². The van der Waals surface area contributed by atoms with Gasteiger partial charge >= 0.3 is 0 Å². The van der Waals surface area contributed by atoms with Gasteiger partial charge in [-0.05, 0) is 37.8 Å². The number of para-hydroxylation sites is 1. The summed E-state index contributed by atoms with van der Waals surface area (Å²) < 4.78 is 0. The predicted molar refractivity (Wildman–Crippen MR) is 61.8 cm³/mol. The molecular formula is C13H19N. The van der Waals surface area contributed by atoms with Crippen molar-refractivity contribution in [3.8, 4) is 0 Å². The second kappa shape index (κ2) is 3.64. The number of rotatable bonds is 1. The maximum Gasteiger partial charge on any atom is 0.0401 e. The molecule has 0 aliphatic carbocycles. The summed E-state index contributed by atoms with van der Waals surface area (Å²) in [5.74, 6) is 0.768. The third kappa shape index (κ3) is 1.41. The molecule has 0 spiro atoms. The molecule has 1 heterocycles. The third-order valence-corrected chi connectivity index (χ3v) is 3.50. The number of fused-ring (bicyclic) bond motifs is 1. The average Bonchev–Trinajstić information content (AvgIpc) is 2.20. The highest BCUT2D eigenvalue weighted by molar-refractivity contribution is 5.56. The first-order valence-electron chi connectivity index (χ1n) is 5.58. The van der Waals surface area contributed by atoms with Crippen molar-refractivity contribution in [3.63, 3.8) is 0 Å². The van der Waals surface area contributed by atoms with Gasteiger partial charge in [-0.25, -0.2) is 0 Å². The topological polar surface area (TPSA) is 3.24 Å². The zero-order valence-electron chi connectivity index (χ0n) is 9.33. The van der Waals surface area contributed by atoms with Crippen LogP contribution in [0.15, 0.2) is 24.3 Å². The van der Waals surface area contributed by atoms with E-state index in [-0.39, 0.29) is 0 Å². The zero-order chi connectivity index (χ0) is 10.1. The summed E-state index contributed by atoms with van der Waals surface area (Å²) in [5.41, 5.74) is 2.96. The van der Waals surface area contributed by atoms with E-state index in [4.69, 9.17) is 0 Å². The van der Waals surface area contributed by atoms with Crippen LogP contribution in [0.3, 0.4) is 0 Å². The Kier molecular flexibility index (Phi) is 2.49. The fourth-order valence-corrected chi connectivity index (χ4v) is 2.47. The highest BCUT2D eigenvalue weighted by Crippen LogP contribution is 2.32. The molecular weight excluding hydrogens is 170 g/mol. The summed E-state index contributed by atoms with van der Waals surface area (Å²) in [6.07, 6.45) is 1.23. The SMILES string of the molecule is CCN1c2ccccc2C[C@H](C)[C@@H]1C. The molecule has 1 aromatic rings. The van der Waals surface area contributed by atoms with Crippen molar-refractivity contribution in [2.75, 3.05) is 11.4 Å². The number of benzene rings is 1. The van der Waals surface area contributed by atoms with Gasteiger partial charge in [-0.1, -0.05) is 25.1 Å². The summed E-state index contributed by atoms with van der Waals surface area (Å²) in [4.78, 5) is 2.52. The van der Waals surface area contributed by atoms with E-state index in [0.717, 1.165) is 12.5 Å². The molecule has 1 heteroatoms. The molecule has 1 aliphatic heterocycles. The van der Waals surface area contributed by atoms with Crippen LogP contribution >= 0.6 is 0 Å². The van der Waals surface area contributed by atoms with Crippen LogP contribution in [0.5, 0.6) is 0 Å². The summed E-state index contributed by atoms with van der Waals surface area (Å²) >= 11 is 0. The van der Waals surface area contributed by atoms with Crippen molar-refractivity contribution < 1.29 is 0 Å². The number of hydrogen-bond acceptors (Lipinski definition) is 1. The Balaban J connectivity index is 2.42. The lowest BCUT2D eigenvalue weighted by Gasteiger charge is -2.40. The first kappa shape index (κ1) is 9.57. The normalized spacial score (nSPS) is 26.1. The van der Waals surface area contributed by atoms with Crippen LogP contribution in [0, 0.1) is 5.92 Å².